The molecule has 6 nitrogen and oxygen atoms in total. The Balaban J connectivity index is 1.98. The lowest BCUT2D eigenvalue weighted by atomic mass is 10.2. The molecule has 0 saturated carbocycles. The Morgan fingerprint density at radius 3 is 2.18 bits per heavy atom. The van der Waals surface area contributed by atoms with Gasteiger partial charge in [-0.05, 0) is 36.4 Å². The summed E-state index contributed by atoms with van der Waals surface area (Å²) in [5.74, 6) is -0.617. The van der Waals surface area contributed by atoms with Crippen LogP contribution >= 0.6 is 11.6 Å². The quantitative estimate of drug-likeness (QED) is 0.411. The first kappa shape index (κ1) is 14.1. The van der Waals surface area contributed by atoms with Crippen molar-refractivity contribution in [1.29, 1.82) is 0 Å². The van der Waals surface area contributed by atoms with Gasteiger partial charge in [0.2, 0.25) is 5.76 Å². The maximum atomic E-state index is 11.9. The molecular weight excluding hydrogens is 310 g/mol. The summed E-state index contributed by atoms with van der Waals surface area (Å²) in [7, 11) is 0. The van der Waals surface area contributed by atoms with Crippen molar-refractivity contribution in [3.63, 3.8) is 0 Å². The molecule has 0 saturated heterocycles. The van der Waals surface area contributed by atoms with Crippen LogP contribution in [0.15, 0.2) is 57.4 Å². The third kappa shape index (κ3) is 2.64. The van der Waals surface area contributed by atoms with Gasteiger partial charge in [-0.1, -0.05) is 11.6 Å². The second kappa shape index (κ2) is 5.50. The molecule has 0 atom stereocenters. The monoisotopic (exact) mass is 317 g/mol. The summed E-state index contributed by atoms with van der Waals surface area (Å²) in [4.78, 5) is 10.1. The number of hydrogen-bond donors (Lipinski definition) is 0. The second-order valence-electron chi connectivity index (χ2n) is 4.42. The molecule has 0 N–H and O–H groups in total. The minimum absolute atomic E-state index is 0.0140. The van der Waals surface area contributed by atoms with Gasteiger partial charge in [0.15, 0.2) is 0 Å². The van der Waals surface area contributed by atoms with Crippen LogP contribution in [0.2, 0.25) is 5.02 Å². The minimum atomic E-state index is -0.654. The van der Waals surface area contributed by atoms with E-state index in [1.165, 1.54) is 24.3 Å². The van der Waals surface area contributed by atoms with Crippen molar-refractivity contribution < 1.29 is 18.9 Å². The molecule has 22 heavy (non-hydrogen) atoms. The Kier molecular flexibility index (Phi) is 3.52. The third-order valence-corrected chi connectivity index (χ3v) is 3.24. The number of halogens is 1. The van der Waals surface area contributed by atoms with Gasteiger partial charge < -0.3 is 8.83 Å². The van der Waals surface area contributed by atoms with Crippen LogP contribution in [0.1, 0.15) is 0 Å². The standard InChI is InChI=1S/C15H8ClNO5/c16-11-5-1-10(2-6-11)15-21-13(14(18)22-15)9-3-7-12(8-4-9)17(19)20/h1-8H. The van der Waals surface area contributed by atoms with Crippen LogP contribution in [0.25, 0.3) is 22.8 Å². The van der Waals surface area contributed by atoms with Gasteiger partial charge in [0.05, 0.1) is 10.5 Å². The first-order valence-corrected chi connectivity index (χ1v) is 6.57. The first-order valence-electron chi connectivity index (χ1n) is 6.19. The molecule has 2 aromatic carbocycles. The summed E-state index contributed by atoms with van der Waals surface area (Å²) >= 11 is 5.79. The molecule has 0 amide bonds. The van der Waals surface area contributed by atoms with Crippen LogP contribution in [-0.2, 0) is 0 Å². The van der Waals surface area contributed by atoms with E-state index >= 15 is 0 Å². The topological polar surface area (TPSA) is 90.6 Å². The van der Waals surface area contributed by atoms with Gasteiger partial charge >= 0.3 is 11.9 Å². The molecule has 0 aliphatic rings. The van der Waals surface area contributed by atoms with Gasteiger partial charge in [-0.25, -0.2) is 5.11 Å². The van der Waals surface area contributed by atoms with Crippen LogP contribution in [-0.4, -0.2) is 4.92 Å². The highest BCUT2D eigenvalue weighted by Crippen LogP contribution is 2.36. The van der Waals surface area contributed by atoms with Gasteiger partial charge in [-0.3, -0.25) is 10.1 Å². The molecule has 1 aromatic heterocycles. The van der Waals surface area contributed by atoms with E-state index in [1.807, 2.05) is 0 Å². The van der Waals surface area contributed by atoms with Gasteiger partial charge in [0.25, 0.3) is 5.69 Å². The maximum Gasteiger partial charge on any atom is 0.382 e. The largest absolute Gasteiger partial charge is 0.417 e. The number of non-ortho nitro benzene ring substituents is 1. The lowest BCUT2D eigenvalue weighted by molar-refractivity contribution is -0.384. The summed E-state index contributed by atoms with van der Waals surface area (Å²) in [5, 5.41) is 23.1. The van der Waals surface area contributed by atoms with Gasteiger partial charge in [-0.15, -0.1) is 0 Å². The summed E-state index contributed by atoms with van der Waals surface area (Å²) in [6.07, 6.45) is 0. The van der Waals surface area contributed by atoms with Crippen LogP contribution in [0.5, 0.6) is 5.95 Å². The molecule has 1 heterocycles. The van der Waals surface area contributed by atoms with Crippen molar-refractivity contribution in [2.45, 2.75) is 0 Å². The van der Waals surface area contributed by atoms with Crippen LogP contribution in [0, 0.1) is 10.1 Å². The van der Waals surface area contributed by atoms with E-state index in [4.69, 9.17) is 20.4 Å². The fourth-order valence-corrected chi connectivity index (χ4v) is 2.03. The van der Waals surface area contributed by atoms with Crippen LogP contribution in [0.3, 0.4) is 0 Å². The van der Waals surface area contributed by atoms with E-state index in [0.29, 0.717) is 16.1 Å². The van der Waals surface area contributed by atoms with E-state index in [-0.39, 0.29) is 17.4 Å². The zero-order valence-corrected chi connectivity index (χ0v) is 11.7. The van der Waals surface area contributed by atoms with Crippen molar-refractivity contribution in [3.05, 3.63) is 63.7 Å². The maximum absolute atomic E-state index is 11.9. The van der Waals surface area contributed by atoms with E-state index in [2.05, 4.69) is 0 Å². The summed E-state index contributed by atoms with van der Waals surface area (Å²) in [6.45, 7) is 0. The number of nitro benzene ring substituents is 1. The molecule has 0 radical (unpaired) electrons. The third-order valence-electron chi connectivity index (χ3n) is 2.99. The van der Waals surface area contributed by atoms with Gasteiger partial charge in [-0.2, -0.15) is 0 Å². The Bertz CT molecular complexity index is 824. The van der Waals surface area contributed by atoms with Crippen molar-refractivity contribution in [1.82, 2.24) is 0 Å². The normalized spacial score (nSPS) is 10.6. The summed E-state index contributed by atoms with van der Waals surface area (Å²) in [6, 6.07) is 12.0. The van der Waals surface area contributed by atoms with Gasteiger partial charge in [0.1, 0.15) is 0 Å². The Hall–Kier alpha value is -2.86. The molecule has 3 aromatic rings. The average Bonchev–Trinajstić information content (AvgIpc) is 2.90. The van der Waals surface area contributed by atoms with Crippen molar-refractivity contribution >= 4 is 17.3 Å². The van der Waals surface area contributed by atoms with Crippen molar-refractivity contribution in [2.24, 2.45) is 0 Å². The zero-order chi connectivity index (χ0) is 15.7. The summed E-state index contributed by atoms with van der Waals surface area (Å²) in [5.41, 5.74) is 0.895. The van der Waals surface area contributed by atoms with Crippen LogP contribution in [0.4, 0.5) is 5.69 Å². The molecule has 7 heteroatoms. The number of hydrogen-bond acceptors (Lipinski definition) is 4. The highest BCUT2D eigenvalue weighted by Gasteiger charge is 2.19. The second-order valence-corrected chi connectivity index (χ2v) is 4.86. The molecule has 0 aliphatic heterocycles. The Morgan fingerprint density at radius 2 is 1.59 bits per heavy atom. The number of nitro groups is 1. The van der Waals surface area contributed by atoms with E-state index in [1.54, 1.807) is 24.3 Å². The number of benzene rings is 2. The minimum Gasteiger partial charge on any atom is -0.417 e. The highest BCUT2D eigenvalue weighted by atomic mass is 35.5. The van der Waals surface area contributed by atoms with Gasteiger partial charge in [0, 0.05) is 22.7 Å². The zero-order valence-electron chi connectivity index (χ0n) is 11.0. The molecule has 3 rings (SSSR count). The fraction of sp³-hybridized carbons (Fsp3) is 0. The van der Waals surface area contributed by atoms with Crippen LogP contribution < -0.4 is 5.11 Å². The fourth-order valence-electron chi connectivity index (χ4n) is 1.90. The molecule has 0 unspecified atom stereocenters. The molecule has 110 valence electrons. The average molecular weight is 318 g/mol. The Labute approximate surface area is 129 Å². The first-order chi connectivity index (χ1) is 10.5. The highest BCUT2D eigenvalue weighted by molar-refractivity contribution is 6.30. The number of rotatable bonds is 3. The smallest absolute Gasteiger partial charge is 0.382 e. The molecule has 0 fully saturated rings. The molecule has 0 spiro atoms. The number of nitrogens with zero attached hydrogens (tertiary/aromatic N) is 1. The van der Waals surface area contributed by atoms with E-state index < -0.39 is 10.9 Å². The lowest BCUT2D eigenvalue weighted by Gasteiger charge is -1.96. The van der Waals surface area contributed by atoms with E-state index in [9.17, 15) is 15.2 Å². The molecule has 0 aliphatic carbocycles. The predicted molar refractivity (Wildman–Crippen MR) is 77.4 cm³/mol. The van der Waals surface area contributed by atoms with Crippen molar-refractivity contribution in [3.8, 4) is 28.8 Å². The van der Waals surface area contributed by atoms with Crippen molar-refractivity contribution in [2.75, 3.05) is 0 Å². The predicted octanol–water partition coefficient (Wildman–Crippen LogP) is 4.12. The molecular formula is C15H8ClNO5. The Morgan fingerprint density at radius 1 is 1.00 bits per heavy atom. The summed E-state index contributed by atoms with van der Waals surface area (Å²) < 4.78 is 10.5. The van der Waals surface area contributed by atoms with E-state index in [0.717, 1.165) is 0 Å². The SMILES string of the molecule is O=[N+]([O-])c1ccc(-c2oc(-c3ccc(Cl)cc3)[o+]c2[O-])cc1. The lowest BCUT2D eigenvalue weighted by Crippen LogP contribution is -1.90. The molecule has 0 bridgehead atoms.